The first-order chi connectivity index (χ1) is 9.42. The third-order valence-corrected chi connectivity index (χ3v) is 2.98. The fraction of sp³-hybridized carbons (Fsp3) is 0. The van der Waals surface area contributed by atoms with E-state index in [0.717, 1.165) is 28.2 Å². The predicted octanol–water partition coefficient (Wildman–Crippen LogP) is 1.51. The van der Waals surface area contributed by atoms with Crippen LogP contribution in [-0.2, 0) is 0 Å². The van der Waals surface area contributed by atoms with Crippen LogP contribution in [0.5, 0.6) is 0 Å². The maximum absolute atomic E-state index is 4.38. The third kappa shape index (κ3) is 1.52. The zero-order valence-electron chi connectivity index (χ0n) is 9.78. The summed E-state index contributed by atoms with van der Waals surface area (Å²) in [6.07, 6.45) is 12.6. The van der Waals surface area contributed by atoms with Gasteiger partial charge < -0.3 is 0 Å². The van der Waals surface area contributed by atoms with Crippen LogP contribution in [0.15, 0.2) is 43.4 Å². The van der Waals surface area contributed by atoms with Crippen LogP contribution >= 0.6 is 0 Å². The fourth-order valence-electron chi connectivity index (χ4n) is 2.03. The molecule has 0 aliphatic carbocycles. The lowest BCUT2D eigenvalue weighted by Crippen LogP contribution is -1.91. The van der Waals surface area contributed by atoms with Crippen LogP contribution in [0.3, 0.4) is 0 Å². The summed E-state index contributed by atoms with van der Waals surface area (Å²) in [7, 11) is 0. The van der Waals surface area contributed by atoms with E-state index in [1.807, 2.05) is 23.0 Å². The number of nitrogens with one attached hydrogen (secondary N) is 2. The van der Waals surface area contributed by atoms with Crippen LogP contribution in [0, 0.1) is 0 Å². The number of fused-ring (bicyclic) bond motifs is 1. The number of nitrogens with zero attached hydrogens (tertiary/aromatic N) is 5. The van der Waals surface area contributed by atoms with Crippen molar-refractivity contribution < 1.29 is 0 Å². The van der Waals surface area contributed by atoms with E-state index in [4.69, 9.17) is 0 Å². The lowest BCUT2D eigenvalue weighted by atomic mass is 10.2. The van der Waals surface area contributed by atoms with Gasteiger partial charge in [-0.3, -0.25) is 19.6 Å². The highest BCUT2D eigenvalue weighted by Crippen LogP contribution is 2.22. The monoisotopic (exact) mass is 251 g/mol. The number of hydrogen-bond donors (Lipinski definition) is 2. The summed E-state index contributed by atoms with van der Waals surface area (Å²) in [6, 6.07) is 0. The molecule has 0 bridgehead atoms. The molecule has 2 N–H and O–H groups in total. The largest absolute Gasteiger partial charge is 0.296 e. The smallest absolute Gasteiger partial charge is 0.155 e. The van der Waals surface area contributed by atoms with Crippen LogP contribution in [0.2, 0.25) is 0 Å². The molecule has 0 saturated heterocycles. The summed E-state index contributed by atoms with van der Waals surface area (Å²) < 4.78 is 1.99. The average Bonchev–Trinajstić information content (AvgIpc) is 3.18. The van der Waals surface area contributed by atoms with Gasteiger partial charge in [0, 0.05) is 29.7 Å². The zero-order valence-corrected chi connectivity index (χ0v) is 9.78. The summed E-state index contributed by atoms with van der Waals surface area (Å²) in [5.41, 5.74) is 4.52. The van der Waals surface area contributed by atoms with E-state index in [1.165, 1.54) is 0 Å². The molecular weight excluding hydrogens is 242 g/mol. The number of rotatable bonds is 2. The maximum Gasteiger partial charge on any atom is 0.155 e. The predicted molar refractivity (Wildman–Crippen MR) is 68.2 cm³/mol. The van der Waals surface area contributed by atoms with Crippen molar-refractivity contribution in [1.29, 1.82) is 0 Å². The second-order valence-electron chi connectivity index (χ2n) is 4.12. The molecule has 7 heteroatoms. The van der Waals surface area contributed by atoms with Gasteiger partial charge in [-0.15, -0.1) is 0 Å². The number of aromatic amines is 2. The Balaban J connectivity index is 1.95. The minimum atomic E-state index is 0.795. The highest BCUT2D eigenvalue weighted by molar-refractivity contribution is 5.64. The van der Waals surface area contributed by atoms with E-state index in [0.29, 0.717) is 0 Å². The lowest BCUT2D eigenvalue weighted by molar-refractivity contribution is 1.09. The second-order valence-corrected chi connectivity index (χ2v) is 4.12. The van der Waals surface area contributed by atoms with Crippen molar-refractivity contribution in [2.24, 2.45) is 0 Å². The van der Waals surface area contributed by atoms with E-state index >= 15 is 0 Å². The normalized spacial score (nSPS) is 11.2. The first-order valence-electron chi connectivity index (χ1n) is 5.73. The topological polar surface area (TPSA) is 87.5 Å². The summed E-state index contributed by atoms with van der Waals surface area (Å²) in [4.78, 5) is 8.71. The quantitative estimate of drug-likeness (QED) is 0.565. The van der Waals surface area contributed by atoms with Crippen LogP contribution in [-0.4, -0.2) is 34.8 Å². The molecule has 0 aliphatic rings. The minimum Gasteiger partial charge on any atom is -0.296 e. The summed E-state index contributed by atoms with van der Waals surface area (Å²) in [5, 5.41) is 13.5. The summed E-state index contributed by atoms with van der Waals surface area (Å²) in [5.74, 6) is 0. The third-order valence-electron chi connectivity index (χ3n) is 2.98. The fourth-order valence-corrected chi connectivity index (χ4v) is 2.03. The molecule has 0 amide bonds. The van der Waals surface area contributed by atoms with Gasteiger partial charge in [0.05, 0.1) is 36.2 Å². The van der Waals surface area contributed by atoms with E-state index in [1.54, 1.807) is 24.8 Å². The Morgan fingerprint density at radius 3 is 2.37 bits per heavy atom. The van der Waals surface area contributed by atoms with Gasteiger partial charge in [0.15, 0.2) is 5.65 Å². The first-order valence-corrected chi connectivity index (χ1v) is 5.73. The standard InChI is InChI=1S/C12H9N7/c1-8(2-16-15-1)10-7-19-11(9-3-17-18-4-9)5-14-12(19)6-13-10/h1-7H,(H,15,16)(H,17,18). The van der Waals surface area contributed by atoms with E-state index in [9.17, 15) is 0 Å². The molecule has 0 radical (unpaired) electrons. The molecule has 0 unspecified atom stereocenters. The van der Waals surface area contributed by atoms with Gasteiger partial charge in [-0.05, 0) is 0 Å². The maximum atomic E-state index is 4.38. The van der Waals surface area contributed by atoms with Crippen molar-refractivity contribution >= 4 is 5.65 Å². The zero-order chi connectivity index (χ0) is 12.7. The van der Waals surface area contributed by atoms with Crippen molar-refractivity contribution in [3.63, 3.8) is 0 Å². The van der Waals surface area contributed by atoms with Gasteiger partial charge in [0.25, 0.3) is 0 Å². The molecular formula is C12H9N7. The Morgan fingerprint density at radius 1 is 0.842 bits per heavy atom. The van der Waals surface area contributed by atoms with Crippen molar-refractivity contribution in [1.82, 2.24) is 34.8 Å². The molecule has 4 rings (SSSR count). The summed E-state index contributed by atoms with van der Waals surface area (Å²) in [6.45, 7) is 0. The number of H-pyrrole nitrogens is 2. The molecule has 4 aromatic heterocycles. The molecule has 4 heterocycles. The first kappa shape index (κ1) is 10.0. The van der Waals surface area contributed by atoms with Crippen LogP contribution in [0.25, 0.3) is 28.2 Å². The highest BCUT2D eigenvalue weighted by atomic mass is 15.1. The van der Waals surface area contributed by atoms with Crippen molar-refractivity contribution in [3.8, 4) is 22.5 Å². The van der Waals surface area contributed by atoms with Crippen LogP contribution in [0.4, 0.5) is 0 Å². The molecule has 4 aromatic rings. The Morgan fingerprint density at radius 2 is 1.63 bits per heavy atom. The minimum absolute atomic E-state index is 0.795. The molecule has 0 fully saturated rings. The van der Waals surface area contributed by atoms with Gasteiger partial charge in [0.1, 0.15) is 0 Å². The molecule has 92 valence electrons. The lowest BCUT2D eigenvalue weighted by Gasteiger charge is -2.01. The molecule has 0 aromatic carbocycles. The Kier molecular flexibility index (Phi) is 1.99. The van der Waals surface area contributed by atoms with Crippen LogP contribution in [0.1, 0.15) is 0 Å². The van der Waals surface area contributed by atoms with Gasteiger partial charge in [-0.1, -0.05) is 0 Å². The van der Waals surface area contributed by atoms with Gasteiger partial charge in [-0.2, -0.15) is 10.2 Å². The SMILES string of the molecule is c1n[nH]cc1-c1cn2c(-c3cn[nH]c3)cnc2cn1. The average molecular weight is 251 g/mol. The van der Waals surface area contributed by atoms with Crippen molar-refractivity contribution in [2.75, 3.05) is 0 Å². The molecule has 19 heavy (non-hydrogen) atoms. The molecule has 7 nitrogen and oxygen atoms in total. The number of imidazole rings is 1. The summed E-state index contributed by atoms with van der Waals surface area (Å²) >= 11 is 0. The van der Waals surface area contributed by atoms with E-state index < -0.39 is 0 Å². The van der Waals surface area contributed by atoms with Gasteiger partial charge in [-0.25, -0.2) is 4.98 Å². The molecule has 0 spiro atoms. The molecule has 0 saturated carbocycles. The Bertz CT molecular complexity index is 811. The number of hydrogen-bond acceptors (Lipinski definition) is 4. The van der Waals surface area contributed by atoms with Crippen LogP contribution < -0.4 is 0 Å². The molecule has 0 aliphatic heterocycles. The highest BCUT2D eigenvalue weighted by Gasteiger charge is 2.09. The molecule has 0 atom stereocenters. The van der Waals surface area contributed by atoms with Gasteiger partial charge >= 0.3 is 0 Å². The van der Waals surface area contributed by atoms with Crippen molar-refractivity contribution in [2.45, 2.75) is 0 Å². The van der Waals surface area contributed by atoms with Crippen molar-refractivity contribution in [3.05, 3.63) is 43.4 Å². The Hall–Kier alpha value is -2.96. The van der Waals surface area contributed by atoms with E-state index in [-0.39, 0.29) is 0 Å². The second kappa shape index (κ2) is 3.77. The van der Waals surface area contributed by atoms with Gasteiger partial charge in [0.2, 0.25) is 0 Å². The number of aromatic nitrogens is 7. The van der Waals surface area contributed by atoms with E-state index in [2.05, 4.69) is 30.4 Å². The Labute approximate surface area is 107 Å².